The minimum absolute atomic E-state index is 0.182. The van der Waals surface area contributed by atoms with Crippen molar-refractivity contribution in [3.05, 3.63) is 89.5 Å². The molecule has 3 heteroatoms. The molecule has 0 radical (unpaired) electrons. The fraction of sp³-hybridized carbons (Fsp3) is 0.385. The van der Waals surface area contributed by atoms with Crippen LogP contribution in [0, 0.1) is 6.92 Å². The van der Waals surface area contributed by atoms with Gasteiger partial charge in [-0.2, -0.15) is 0 Å². The summed E-state index contributed by atoms with van der Waals surface area (Å²) in [6, 6.07) is 27.6. The van der Waals surface area contributed by atoms with Crippen molar-refractivity contribution in [3.63, 3.8) is 0 Å². The van der Waals surface area contributed by atoms with Crippen LogP contribution in [0.25, 0.3) is 43.4 Å². The summed E-state index contributed by atoms with van der Waals surface area (Å²) in [5.74, 6) is 0. The maximum atomic E-state index is 6.42. The topological polar surface area (TPSA) is 18.5 Å². The molecule has 5 aromatic rings. The van der Waals surface area contributed by atoms with Gasteiger partial charge >= 0.3 is 7.12 Å². The van der Waals surface area contributed by atoms with Crippen LogP contribution in [0.5, 0.6) is 0 Å². The second-order valence-corrected chi connectivity index (χ2v) is 15.2. The lowest BCUT2D eigenvalue weighted by Crippen LogP contribution is -2.41. The van der Waals surface area contributed by atoms with Crippen LogP contribution >= 0.6 is 0 Å². The third-order valence-corrected chi connectivity index (χ3v) is 10.9. The Morgan fingerprint density at radius 3 is 1.64 bits per heavy atom. The normalized spacial score (nSPS) is 20.4. The molecule has 7 rings (SSSR count). The van der Waals surface area contributed by atoms with Crippen LogP contribution in [0.2, 0.25) is 0 Å². The predicted octanol–water partition coefficient (Wildman–Crippen LogP) is 9.77. The molecule has 0 amide bonds. The summed E-state index contributed by atoms with van der Waals surface area (Å²) in [5, 5.41) is 7.64. The Morgan fingerprint density at radius 2 is 1.05 bits per heavy atom. The Labute approximate surface area is 251 Å². The molecule has 0 aromatic heterocycles. The largest absolute Gasteiger partial charge is 0.494 e. The van der Waals surface area contributed by atoms with E-state index < -0.39 is 0 Å². The van der Waals surface area contributed by atoms with Crippen molar-refractivity contribution in [3.8, 4) is 11.1 Å². The third-order valence-electron chi connectivity index (χ3n) is 10.9. The second-order valence-electron chi connectivity index (χ2n) is 15.2. The van der Waals surface area contributed by atoms with Gasteiger partial charge in [-0.05, 0) is 130 Å². The molecule has 0 saturated carbocycles. The summed E-state index contributed by atoms with van der Waals surface area (Å²) in [6.45, 7) is 20.4. The summed E-state index contributed by atoms with van der Waals surface area (Å²) < 4.78 is 12.8. The lowest BCUT2D eigenvalue weighted by atomic mass is 9.62. The molecule has 1 heterocycles. The van der Waals surface area contributed by atoms with Gasteiger partial charge in [0.15, 0.2) is 0 Å². The minimum Gasteiger partial charge on any atom is -0.399 e. The summed E-state index contributed by atoms with van der Waals surface area (Å²) in [4.78, 5) is 0. The molecular weight excluding hydrogens is 511 g/mol. The van der Waals surface area contributed by atoms with Gasteiger partial charge < -0.3 is 9.31 Å². The van der Waals surface area contributed by atoms with E-state index in [1.807, 2.05) is 0 Å². The Kier molecular flexibility index (Phi) is 5.89. The van der Waals surface area contributed by atoms with Crippen molar-refractivity contribution in [1.29, 1.82) is 0 Å². The fourth-order valence-corrected chi connectivity index (χ4v) is 7.30. The number of fused-ring (bicyclic) bond motifs is 7. The SMILES string of the molecule is Cc1cc2c(cc1-c1ccc3c4ccc(B5OC(C)(C)C(C)(C)O5)cc4c4ccccc4c3c1)C(C)(C)CCC2(C)C. The van der Waals surface area contributed by atoms with Crippen molar-refractivity contribution in [2.24, 2.45) is 0 Å². The molecule has 1 aliphatic carbocycles. The predicted molar refractivity (Wildman–Crippen MR) is 180 cm³/mol. The second kappa shape index (κ2) is 8.94. The number of aryl methyl sites for hydroxylation is 1. The lowest BCUT2D eigenvalue weighted by Gasteiger charge is -2.42. The smallest absolute Gasteiger partial charge is 0.399 e. The van der Waals surface area contributed by atoms with Gasteiger partial charge in [0, 0.05) is 0 Å². The number of hydrogen-bond acceptors (Lipinski definition) is 2. The molecule has 1 aliphatic heterocycles. The first kappa shape index (κ1) is 27.7. The van der Waals surface area contributed by atoms with Gasteiger partial charge in [0.25, 0.3) is 0 Å². The summed E-state index contributed by atoms with van der Waals surface area (Å²) in [7, 11) is -0.377. The number of hydrogen-bond donors (Lipinski definition) is 0. The monoisotopic (exact) mass is 554 g/mol. The first-order chi connectivity index (χ1) is 19.7. The Morgan fingerprint density at radius 1 is 0.548 bits per heavy atom. The van der Waals surface area contributed by atoms with Crippen molar-refractivity contribution >= 4 is 44.9 Å². The van der Waals surface area contributed by atoms with E-state index in [1.165, 1.54) is 73.0 Å². The van der Waals surface area contributed by atoms with E-state index in [0.717, 1.165) is 5.46 Å². The van der Waals surface area contributed by atoms with E-state index >= 15 is 0 Å². The van der Waals surface area contributed by atoms with Crippen LogP contribution in [0.4, 0.5) is 0 Å². The quantitative estimate of drug-likeness (QED) is 0.160. The van der Waals surface area contributed by atoms with E-state index in [2.05, 4.69) is 135 Å². The summed E-state index contributed by atoms with van der Waals surface area (Å²) >= 11 is 0. The Balaban J connectivity index is 1.41. The third kappa shape index (κ3) is 4.08. The summed E-state index contributed by atoms with van der Waals surface area (Å²) in [5.41, 5.74) is 7.76. The maximum absolute atomic E-state index is 6.42. The lowest BCUT2D eigenvalue weighted by molar-refractivity contribution is 0.00578. The molecule has 5 aromatic carbocycles. The van der Waals surface area contributed by atoms with Crippen LogP contribution in [0.1, 0.15) is 84.9 Å². The van der Waals surface area contributed by atoms with E-state index in [4.69, 9.17) is 9.31 Å². The van der Waals surface area contributed by atoms with Gasteiger partial charge in [0.05, 0.1) is 11.2 Å². The molecule has 2 aliphatic rings. The maximum Gasteiger partial charge on any atom is 0.494 e. The van der Waals surface area contributed by atoms with Gasteiger partial charge in [0.2, 0.25) is 0 Å². The van der Waals surface area contributed by atoms with Crippen LogP contribution in [-0.2, 0) is 20.1 Å². The van der Waals surface area contributed by atoms with Crippen LogP contribution in [0.15, 0.2) is 72.8 Å². The molecule has 0 unspecified atom stereocenters. The fourth-order valence-electron chi connectivity index (χ4n) is 7.30. The Bertz CT molecular complexity index is 1870. The molecule has 42 heavy (non-hydrogen) atoms. The molecule has 0 bridgehead atoms. The number of rotatable bonds is 2. The van der Waals surface area contributed by atoms with E-state index in [0.29, 0.717) is 0 Å². The van der Waals surface area contributed by atoms with E-state index in [1.54, 1.807) is 0 Å². The average Bonchev–Trinajstić information content (AvgIpc) is 3.17. The standard InChI is InChI=1S/C39H43BO2/c1-24-20-34-35(37(4,5)19-18-36(34,2)3)23-31(24)25-14-16-29-30-17-15-26(40-41-38(6,7)39(8,9)42-40)22-33(30)28-13-11-10-12-27(28)32(29)21-25/h10-17,20-23H,18-19H2,1-9H3. The minimum atomic E-state index is -0.377. The zero-order valence-corrected chi connectivity index (χ0v) is 26.7. The average molecular weight is 555 g/mol. The highest BCUT2D eigenvalue weighted by molar-refractivity contribution is 6.62. The van der Waals surface area contributed by atoms with Gasteiger partial charge in [-0.25, -0.2) is 0 Å². The molecule has 2 nitrogen and oxygen atoms in total. The molecule has 214 valence electrons. The molecule has 0 atom stereocenters. The zero-order valence-electron chi connectivity index (χ0n) is 26.7. The molecule has 1 saturated heterocycles. The van der Waals surface area contributed by atoms with Crippen LogP contribution < -0.4 is 5.46 Å². The van der Waals surface area contributed by atoms with Crippen molar-refractivity contribution < 1.29 is 9.31 Å². The number of benzene rings is 5. The molecule has 0 spiro atoms. The van der Waals surface area contributed by atoms with Gasteiger partial charge in [0.1, 0.15) is 0 Å². The van der Waals surface area contributed by atoms with Gasteiger partial charge in [-0.1, -0.05) is 94.4 Å². The van der Waals surface area contributed by atoms with E-state index in [9.17, 15) is 0 Å². The van der Waals surface area contributed by atoms with Gasteiger partial charge in [-0.15, -0.1) is 0 Å². The van der Waals surface area contributed by atoms with Crippen LogP contribution in [0.3, 0.4) is 0 Å². The van der Waals surface area contributed by atoms with Crippen molar-refractivity contribution in [2.45, 2.75) is 97.2 Å². The molecule has 0 N–H and O–H groups in total. The highest BCUT2D eigenvalue weighted by Gasteiger charge is 2.51. The highest BCUT2D eigenvalue weighted by Crippen LogP contribution is 2.48. The Hall–Kier alpha value is -3.14. The molecule has 1 fully saturated rings. The summed E-state index contributed by atoms with van der Waals surface area (Å²) in [6.07, 6.45) is 2.45. The van der Waals surface area contributed by atoms with Gasteiger partial charge in [-0.3, -0.25) is 0 Å². The first-order valence-electron chi connectivity index (χ1n) is 15.6. The molecular formula is C39H43BO2. The van der Waals surface area contributed by atoms with E-state index in [-0.39, 0.29) is 29.2 Å². The van der Waals surface area contributed by atoms with Crippen molar-refractivity contribution in [1.82, 2.24) is 0 Å². The highest BCUT2D eigenvalue weighted by atomic mass is 16.7. The van der Waals surface area contributed by atoms with Crippen LogP contribution in [-0.4, -0.2) is 18.3 Å². The zero-order chi connectivity index (χ0) is 29.8. The van der Waals surface area contributed by atoms with Crippen molar-refractivity contribution in [2.75, 3.05) is 0 Å². The first-order valence-corrected chi connectivity index (χ1v) is 15.6.